The maximum Gasteiger partial charge on any atom is 0.153 e. The lowest BCUT2D eigenvalue weighted by Gasteiger charge is -2.20. The van der Waals surface area contributed by atoms with E-state index in [0.29, 0.717) is 16.3 Å². The van der Waals surface area contributed by atoms with Crippen molar-refractivity contribution in [3.8, 4) is 5.75 Å². The van der Waals surface area contributed by atoms with Gasteiger partial charge in [0, 0.05) is 23.3 Å². The van der Waals surface area contributed by atoms with Crippen molar-refractivity contribution in [3.05, 3.63) is 45.4 Å². The highest BCUT2D eigenvalue weighted by molar-refractivity contribution is 8.06. The van der Waals surface area contributed by atoms with Crippen LogP contribution in [0.15, 0.2) is 34.8 Å². The van der Waals surface area contributed by atoms with Gasteiger partial charge in [-0.05, 0) is 30.0 Å². The Morgan fingerprint density at radius 2 is 2.29 bits per heavy atom. The van der Waals surface area contributed by atoms with Crippen LogP contribution < -0.4 is 4.74 Å². The van der Waals surface area contributed by atoms with Crippen LogP contribution in [0.1, 0.15) is 25.3 Å². The number of rotatable bonds is 6. The number of hydrogen-bond acceptors (Lipinski definition) is 4. The van der Waals surface area contributed by atoms with Crippen molar-refractivity contribution >= 4 is 35.2 Å². The molecule has 1 aromatic rings. The summed E-state index contributed by atoms with van der Waals surface area (Å²) in [5, 5.41) is 3.51. The largest absolute Gasteiger partial charge is 0.496 e. The van der Waals surface area contributed by atoms with Crippen molar-refractivity contribution in [1.82, 2.24) is 4.90 Å². The molecule has 0 fully saturated rings. The molecule has 0 aromatic heterocycles. The van der Waals surface area contributed by atoms with Crippen molar-refractivity contribution in [1.29, 1.82) is 0 Å². The summed E-state index contributed by atoms with van der Waals surface area (Å²) in [5.41, 5.74) is 1.34. The van der Waals surface area contributed by atoms with E-state index in [1.807, 2.05) is 11.6 Å². The Kier molecular flexibility index (Phi) is 5.76. The number of carbonyl (C=O) groups is 1. The van der Waals surface area contributed by atoms with Gasteiger partial charge in [0.25, 0.3) is 0 Å². The number of thioether (sulfide) groups is 1. The number of nitrogens with zero attached hydrogens (tertiary/aromatic N) is 1. The second-order valence-corrected chi connectivity index (χ2v) is 5.96. The molecule has 1 heterocycles. The zero-order chi connectivity index (χ0) is 15.2. The van der Waals surface area contributed by atoms with Gasteiger partial charge in [0.15, 0.2) is 6.29 Å². The molecular weight excluding hydrogens is 306 g/mol. The van der Waals surface area contributed by atoms with E-state index in [-0.39, 0.29) is 0 Å². The van der Waals surface area contributed by atoms with Crippen molar-refractivity contribution in [2.45, 2.75) is 19.8 Å². The molecule has 0 atom stereocenters. The molecule has 3 nitrogen and oxygen atoms in total. The first-order chi connectivity index (χ1) is 10.2. The first kappa shape index (κ1) is 16.0. The molecule has 112 valence electrons. The van der Waals surface area contributed by atoms with Crippen molar-refractivity contribution < 1.29 is 9.53 Å². The molecule has 5 heteroatoms. The molecule has 1 aromatic carbocycles. The molecule has 0 aliphatic carbocycles. The Hall–Kier alpha value is -1.39. The van der Waals surface area contributed by atoms with E-state index in [0.717, 1.165) is 36.3 Å². The first-order valence-corrected chi connectivity index (χ1v) is 8.10. The smallest absolute Gasteiger partial charge is 0.153 e. The van der Waals surface area contributed by atoms with Crippen LogP contribution in [0.4, 0.5) is 0 Å². The molecule has 0 radical (unpaired) electrons. The highest BCUT2D eigenvalue weighted by Gasteiger charge is 2.20. The molecule has 0 saturated heterocycles. The Morgan fingerprint density at radius 1 is 1.48 bits per heavy atom. The standard InChI is InChI=1S/C16H18ClNO2S/c1-3-4-7-18-8-9-21-16(18)14(11-19)13-10-12(17)5-6-15(13)20-2/h5-6,8-11H,3-4,7H2,1-2H3/b16-14+. The molecule has 21 heavy (non-hydrogen) atoms. The van der Waals surface area contributed by atoms with Crippen LogP contribution >= 0.6 is 23.4 Å². The normalized spacial score (nSPS) is 16.2. The van der Waals surface area contributed by atoms with Crippen LogP contribution in [0.3, 0.4) is 0 Å². The number of carbonyl (C=O) groups excluding carboxylic acids is 1. The summed E-state index contributed by atoms with van der Waals surface area (Å²) in [4.78, 5) is 13.8. The van der Waals surface area contributed by atoms with E-state index < -0.39 is 0 Å². The number of aldehydes is 1. The van der Waals surface area contributed by atoms with Crippen LogP contribution in [-0.2, 0) is 4.79 Å². The zero-order valence-electron chi connectivity index (χ0n) is 12.1. The van der Waals surface area contributed by atoms with E-state index in [4.69, 9.17) is 16.3 Å². The number of hydrogen-bond donors (Lipinski definition) is 0. The van der Waals surface area contributed by atoms with E-state index in [1.165, 1.54) is 0 Å². The third-order valence-electron chi connectivity index (χ3n) is 3.23. The fourth-order valence-corrected chi connectivity index (χ4v) is 3.23. The van der Waals surface area contributed by atoms with Gasteiger partial charge in [-0.1, -0.05) is 36.7 Å². The highest BCUT2D eigenvalue weighted by Crippen LogP contribution is 2.38. The third-order valence-corrected chi connectivity index (χ3v) is 4.40. The predicted octanol–water partition coefficient (Wildman–Crippen LogP) is 4.54. The van der Waals surface area contributed by atoms with Crippen LogP contribution in [0.5, 0.6) is 5.75 Å². The molecule has 0 unspecified atom stereocenters. The van der Waals surface area contributed by atoms with Gasteiger partial charge < -0.3 is 9.64 Å². The average Bonchev–Trinajstić information content (AvgIpc) is 2.94. The van der Waals surface area contributed by atoms with Crippen LogP contribution in [0.25, 0.3) is 5.57 Å². The topological polar surface area (TPSA) is 29.5 Å². The maximum absolute atomic E-state index is 11.7. The minimum Gasteiger partial charge on any atom is -0.496 e. The van der Waals surface area contributed by atoms with Crippen LogP contribution in [0, 0.1) is 0 Å². The van der Waals surface area contributed by atoms with Gasteiger partial charge in [-0.3, -0.25) is 4.79 Å². The minimum absolute atomic E-state index is 0.585. The molecule has 0 N–H and O–H groups in total. The number of benzene rings is 1. The molecular formula is C16H18ClNO2S. The summed E-state index contributed by atoms with van der Waals surface area (Å²) in [6, 6.07) is 5.31. The number of unbranched alkanes of at least 4 members (excludes halogenated alkanes) is 1. The quantitative estimate of drug-likeness (QED) is 0.568. The van der Waals surface area contributed by atoms with Gasteiger partial charge in [0.05, 0.1) is 17.7 Å². The number of halogens is 1. The van der Waals surface area contributed by atoms with Crippen LogP contribution in [0.2, 0.25) is 5.02 Å². The average molecular weight is 324 g/mol. The van der Waals surface area contributed by atoms with Crippen molar-refractivity contribution in [2.24, 2.45) is 0 Å². The Balaban J connectivity index is 2.45. The van der Waals surface area contributed by atoms with Crippen LogP contribution in [-0.4, -0.2) is 24.8 Å². The number of ether oxygens (including phenoxy) is 1. The fraction of sp³-hybridized carbons (Fsp3) is 0.312. The lowest BCUT2D eigenvalue weighted by atomic mass is 10.1. The maximum atomic E-state index is 11.7. The Labute approximate surface area is 134 Å². The molecule has 0 saturated carbocycles. The molecule has 1 aliphatic rings. The summed E-state index contributed by atoms with van der Waals surface area (Å²) in [6.45, 7) is 3.05. The summed E-state index contributed by atoms with van der Waals surface area (Å²) in [6.07, 6.45) is 5.07. The SMILES string of the molecule is CCCCN1C=CS/C1=C(\C=O)c1cc(Cl)ccc1OC. The highest BCUT2D eigenvalue weighted by atomic mass is 35.5. The summed E-state index contributed by atoms with van der Waals surface area (Å²) in [5.74, 6) is 0.650. The van der Waals surface area contributed by atoms with E-state index in [1.54, 1.807) is 37.1 Å². The first-order valence-electron chi connectivity index (χ1n) is 6.84. The van der Waals surface area contributed by atoms with E-state index in [9.17, 15) is 4.79 Å². The molecule has 1 aliphatic heterocycles. The second kappa shape index (κ2) is 7.57. The molecule has 0 amide bonds. The molecule has 0 bridgehead atoms. The fourth-order valence-electron chi connectivity index (χ4n) is 2.15. The van der Waals surface area contributed by atoms with Gasteiger partial charge in [-0.2, -0.15) is 0 Å². The Morgan fingerprint density at radius 3 is 2.95 bits per heavy atom. The van der Waals surface area contributed by atoms with Gasteiger partial charge in [0.2, 0.25) is 0 Å². The molecule has 0 spiro atoms. The van der Waals surface area contributed by atoms with Gasteiger partial charge >= 0.3 is 0 Å². The Bertz CT molecular complexity index is 584. The van der Waals surface area contributed by atoms with Crippen molar-refractivity contribution in [2.75, 3.05) is 13.7 Å². The minimum atomic E-state index is 0.585. The third kappa shape index (κ3) is 3.63. The summed E-state index contributed by atoms with van der Waals surface area (Å²) >= 11 is 7.62. The van der Waals surface area contributed by atoms with Crippen molar-refractivity contribution in [3.63, 3.8) is 0 Å². The number of methoxy groups -OCH3 is 1. The monoisotopic (exact) mass is 323 g/mol. The lowest BCUT2D eigenvalue weighted by Crippen LogP contribution is -2.15. The van der Waals surface area contributed by atoms with E-state index in [2.05, 4.69) is 11.8 Å². The number of allylic oxidation sites excluding steroid dienone is 1. The van der Waals surface area contributed by atoms with Gasteiger partial charge in [0.1, 0.15) is 5.75 Å². The molecule has 2 rings (SSSR count). The second-order valence-electron chi connectivity index (χ2n) is 4.63. The van der Waals surface area contributed by atoms with E-state index >= 15 is 0 Å². The van der Waals surface area contributed by atoms with Gasteiger partial charge in [-0.15, -0.1) is 0 Å². The zero-order valence-corrected chi connectivity index (χ0v) is 13.7. The lowest BCUT2D eigenvalue weighted by molar-refractivity contribution is -0.103. The summed E-state index contributed by atoms with van der Waals surface area (Å²) < 4.78 is 5.36. The summed E-state index contributed by atoms with van der Waals surface area (Å²) in [7, 11) is 1.59. The van der Waals surface area contributed by atoms with Gasteiger partial charge in [-0.25, -0.2) is 0 Å². The predicted molar refractivity (Wildman–Crippen MR) is 89.3 cm³/mol.